The van der Waals surface area contributed by atoms with Crippen LogP contribution >= 0.6 is 0 Å². The van der Waals surface area contributed by atoms with E-state index in [9.17, 15) is 0 Å². The monoisotopic (exact) mass is 310 g/mol. The lowest BCUT2D eigenvalue weighted by Gasteiger charge is -2.18. The highest BCUT2D eigenvalue weighted by molar-refractivity contribution is 5.27. The van der Waals surface area contributed by atoms with E-state index in [1.807, 2.05) is 36.8 Å². The summed E-state index contributed by atoms with van der Waals surface area (Å²) in [6.07, 6.45) is 7.35. The number of H-pyrrole nitrogens is 1. The van der Waals surface area contributed by atoms with Gasteiger partial charge in [0.15, 0.2) is 5.82 Å². The zero-order valence-corrected chi connectivity index (χ0v) is 13.7. The highest BCUT2D eigenvalue weighted by Crippen LogP contribution is 2.23. The highest BCUT2D eigenvalue weighted by atomic mass is 15.3. The number of aromatic nitrogens is 5. The van der Waals surface area contributed by atoms with Gasteiger partial charge in [0, 0.05) is 48.4 Å². The van der Waals surface area contributed by atoms with Crippen LogP contribution in [0.5, 0.6) is 0 Å². The first kappa shape index (κ1) is 15.4. The molecule has 0 aliphatic rings. The van der Waals surface area contributed by atoms with Crippen molar-refractivity contribution in [2.45, 2.75) is 39.3 Å². The quantitative estimate of drug-likeness (QED) is 0.760. The molecule has 0 unspecified atom stereocenters. The zero-order chi connectivity index (χ0) is 16.3. The Kier molecular flexibility index (Phi) is 4.25. The van der Waals surface area contributed by atoms with Crippen LogP contribution in [0.4, 0.5) is 0 Å². The molecular formula is C17H22N6. The van der Waals surface area contributed by atoms with E-state index < -0.39 is 0 Å². The molecule has 0 bridgehead atoms. The van der Waals surface area contributed by atoms with Crippen molar-refractivity contribution in [3.8, 4) is 5.82 Å². The Hall–Kier alpha value is -2.47. The molecule has 3 rings (SSSR count). The number of pyridine rings is 1. The molecule has 2 N–H and O–H groups in total. The smallest absolute Gasteiger partial charge is 0.153 e. The molecular weight excluding hydrogens is 288 g/mol. The van der Waals surface area contributed by atoms with Gasteiger partial charge >= 0.3 is 0 Å². The van der Waals surface area contributed by atoms with Crippen molar-refractivity contribution in [3.63, 3.8) is 0 Å². The molecule has 0 aliphatic heterocycles. The van der Waals surface area contributed by atoms with E-state index in [0.717, 1.165) is 18.9 Å². The predicted octanol–water partition coefficient (Wildman–Crippen LogP) is 2.58. The molecule has 6 heteroatoms. The Bertz CT molecular complexity index is 751. The average molecular weight is 310 g/mol. The predicted molar refractivity (Wildman–Crippen MR) is 89.2 cm³/mol. The third-order valence-electron chi connectivity index (χ3n) is 3.66. The zero-order valence-electron chi connectivity index (χ0n) is 13.7. The Balaban J connectivity index is 1.64. The topological polar surface area (TPSA) is 71.4 Å². The van der Waals surface area contributed by atoms with Gasteiger partial charge in [-0.1, -0.05) is 20.8 Å². The molecule has 0 amide bonds. The second kappa shape index (κ2) is 6.34. The summed E-state index contributed by atoms with van der Waals surface area (Å²) in [6, 6.07) is 5.94. The second-order valence-electron chi connectivity index (χ2n) is 6.60. The van der Waals surface area contributed by atoms with Crippen LogP contribution in [-0.2, 0) is 18.5 Å². The van der Waals surface area contributed by atoms with Crippen LogP contribution in [0, 0.1) is 0 Å². The molecule has 3 aromatic heterocycles. The SMILES string of the molecule is CC(C)(C)c1[nH]ncc1CNCc1ccnc(-n2cccn2)c1. The van der Waals surface area contributed by atoms with E-state index in [1.54, 1.807) is 10.9 Å². The number of nitrogens with one attached hydrogen (secondary N) is 2. The summed E-state index contributed by atoms with van der Waals surface area (Å²) >= 11 is 0. The molecule has 120 valence electrons. The third-order valence-corrected chi connectivity index (χ3v) is 3.66. The van der Waals surface area contributed by atoms with Gasteiger partial charge in [-0.3, -0.25) is 5.10 Å². The average Bonchev–Trinajstić information content (AvgIpc) is 3.18. The number of rotatable bonds is 5. The normalized spacial score (nSPS) is 11.8. The van der Waals surface area contributed by atoms with E-state index in [2.05, 4.69) is 46.4 Å². The van der Waals surface area contributed by atoms with Crippen molar-refractivity contribution in [2.24, 2.45) is 0 Å². The van der Waals surface area contributed by atoms with Gasteiger partial charge in [-0.15, -0.1) is 0 Å². The van der Waals surface area contributed by atoms with Crippen LogP contribution in [-0.4, -0.2) is 25.0 Å². The number of hydrogen-bond acceptors (Lipinski definition) is 4. The first-order valence-electron chi connectivity index (χ1n) is 7.72. The summed E-state index contributed by atoms with van der Waals surface area (Å²) in [5.41, 5.74) is 3.62. The molecule has 0 aromatic carbocycles. The fourth-order valence-electron chi connectivity index (χ4n) is 2.54. The van der Waals surface area contributed by atoms with Crippen molar-refractivity contribution in [1.82, 2.24) is 30.3 Å². The van der Waals surface area contributed by atoms with Crippen molar-refractivity contribution in [1.29, 1.82) is 0 Å². The largest absolute Gasteiger partial charge is 0.308 e. The maximum atomic E-state index is 4.34. The first-order chi connectivity index (χ1) is 11.0. The van der Waals surface area contributed by atoms with Gasteiger partial charge < -0.3 is 5.32 Å². The minimum Gasteiger partial charge on any atom is -0.308 e. The summed E-state index contributed by atoms with van der Waals surface area (Å²) in [7, 11) is 0. The standard InChI is InChI=1S/C17H22N6/c1-17(2,3)16-14(12-20-22-16)11-18-10-13-5-7-19-15(9-13)23-8-4-6-21-23/h4-9,12,18H,10-11H2,1-3H3,(H,20,22). The van der Waals surface area contributed by atoms with Crippen molar-refractivity contribution < 1.29 is 0 Å². The Morgan fingerprint density at radius 1 is 1.22 bits per heavy atom. The van der Waals surface area contributed by atoms with E-state index in [0.29, 0.717) is 0 Å². The molecule has 23 heavy (non-hydrogen) atoms. The fraction of sp³-hybridized carbons (Fsp3) is 0.353. The van der Waals surface area contributed by atoms with Crippen LogP contribution < -0.4 is 5.32 Å². The highest BCUT2D eigenvalue weighted by Gasteiger charge is 2.19. The van der Waals surface area contributed by atoms with Gasteiger partial charge in [0.05, 0.1) is 6.20 Å². The maximum absolute atomic E-state index is 4.34. The lowest BCUT2D eigenvalue weighted by atomic mass is 9.89. The summed E-state index contributed by atoms with van der Waals surface area (Å²) in [4.78, 5) is 4.34. The number of hydrogen-bond donors (Lipinski definition) is 2. The van der Waals surface area contributed by atoms with E-state index >= 15 is 0 Å². The van der Waals surface area contributed by atoms with Crippen LogP contribution in [0.2, 0.25) is 0 Å². The number of nitrogens with zero attached hydrogens (tertiary/aromatic N) is 4. The van der Waals surface area contributed by atoms with Crippen molar-refractivity contribution in [2.75, 3.05) is 0 Å². The van der Waals surface area contributed by atoms with Gasteiger partial charge in [-0.05, 0) is 23.8 Å². The Morgan fingerprint density at radius 3 is 2.83 bits per heavy atom. The van der Waals surface area contributed by atoms with Gasteiger partial charge in [-0.25, -0.2) is 9.67 Å². The fourth-order valence-corrected chi connectivity index (χ4v) is 2.54. The minimum absolute atomic E-state index is 0.0669. The third kappa shape index (κ3) is 3.65. The van der Waals surface area contributed by atoms with Gasteiger partial charge in [-0.2, -0.15) is 10.2 Å². The summed E-state index contributed by atoms with van der Waals surface area (Å²) in [5.74, 6) is 0.827. The van der Waals surface area contributed by atoms with Gasteiger partial charge in [0.2, 0.25) is 0 Å². The summed E-state index contributed by atoms with van der Waals surface area (Å²) in [6.45, 7) is 8.10. The molecule has 0 aliphatic carbocycles. The molecule has 0 saturated heterocycles. The summed E-state index contributed by atoms with van der Waals surface area (Å²) < 4.78 is 1.76. The molecule has 0 fully saturated rings. The van der Waals surface area contributed by atoms with E-state index in [-0.39, 0.29) is 5.41 Å². The lowest BCUT2D eigenvalue weighted by Crippen LogP contribution is -2.19. The second-order valence-corrected chi connectivity index (χ2v) is 6.60. The molecule has 3 aromatic rings. The van der Waals surface area contributed by atoms with E-state index in [1.165, 1.54) is 16.8 Å². The van der Waals surface area contributed by atoms with Gasteiger partial charge in [0.25, 0.3) is 0 Å². The molecule has 6 nitrogen and oxygen atoms in total. The van der Waals surface area contributed by atoms with Gasteiger partial charge in [0.1, 0.15) is 0 Å². The Morgan fingerprint density at radius 2 is 2.09 bits per heavy atom. The van der Waals surface area contributed by atoms with Crippen molar-refractivity contribution in [3.05, 3.63) is 59.8 Å². The number of aromatic amines is 1. The van der Waals surface area contributed by atoms with E-state index in [4.69, 9.17) is 0 Å². The molecule has 0 atom stereocenters. The summed E-state index contributed by atoms with van der Waals surface area (Å²) in [5, 5.41) is 15.0. The van der Waals surface area contributed by atoms with Crippen molar-refractivity contribution >= 4 is 0 Å². The molecule has 3 heterocycles. The van der Waals surface area contributed by atoms with Crippen LogP contribution in [0.25, 0.3) is 5.82 Å². The molecule has 0 spiro atoms. The maximum Gasteiger partial charge on any atom is 0.153 e. The van der Waals surface area contributed by atoms with Crippen LogP contribution in [0.1, 0.15) is 37.6 Å². The van der Waals surface area contributed by atoms with Crippen LogP contribution in [0.3, 0.4) is 0 Å². The lowest BCUT2D eigenvalue weighted by molar-refractivity contribution is 0.553. The minimum atomic E-state index is 0.0669. The first-order valence-corrected chi connectivity index (χ1v) is 7.72. The Labute approximate surface area is 136 Å². The molecule has 0 saturated carbocycles. The molecule has 0 radical (unpaired) electrons. The van der Waals surface area contributed by atoms with Crippen LogP contribution in [0.15, 0.2) is 43.0 Å².